The van der Waals surface area contributed by atoms with Gasteiger partial charge in [-0.3, -0.25) is 10.2 Å². The fourth-order valence-electron chi connectivity index (χ4n) is 3.84. The Morgan fingerprint density at radius 3 is 2.54 bits per heavy atom. The van der Waals surface area contributed by atoms with Crippen LogP contribution < -0.4 is 20.9 Å². The molecule has 4 N–H and O–H groups in total. The first-order chi connectivity index (χ1) is 16.8. The fourth-order valence-corrected chi connectivity index (χ4v) is 3.84. The van der Waals surface area contributed by atoms with Gasteiger partial charge in [-0.25, -0.2) is 14.6 Å². The van der Waals surface area contributed by atoms with Crippen molar-refractivity contribution >= 4 is 41.0 Å². The molecule has 10 heteroatoms. The Balaban J connectivity index is 1.42. The van der Waals surface area contributed by atoms with Crippen LogP contribution in [0.15, 0.2) is 60.8 Å². The molecule has 182 valence electrons. The lowest BCUT2D eigenvalue weighted by atomic mass is 10.0. The molecule has 2 atom stereocenters. The number of anilines is 5. The number of carboxylic acid groups (broad SMARTS) is 1. The van der Waals surface area contributed by atoms with Crippen LogP contribution >= 0.6 is 0 Å². The van der Waals surface area contributed by atoms with Gasteiger partial charge >= 0.3 is 12.2 Å². The smallest absolute Gasteiger partial charge is 0.415 e. The van der Waals surface area contributed by atoms with E-state index in [2.05, 4.69) is 25.9 Å². The van der Waals surface area contributed by atoms with E-state index in [1.807, 2.05) is 51.1 Å². The van der Waals surface area contributed by atoms with E-state index >= 15 is 0 Å². The van der Waals surface area contributed by atoms with Gasteiger partial charge in [0.05, 0.1) is 12.1 Å². The monoisotopic (exact) mass is 476 g/mol. The molecule has 1 aromatic heterocycles. The first kappa shape index (κ1) is 23.8. The molecular weight excluding hydrogens is 448 g/mol. The number of hydrogen-bond donors (Lipinski definition) is 4. The third-order valence-electron chi connectivity index (χ3n) is 5.72. The maximum Gasteiger partial charge on any atom is 0.415 e. The topological polar surface area (TPSA) is 129 Å². The van der Waals surface area contributed by atoms with Crippen molar-refractivity contribution in [3.63, 3.8) is 0 Å². The van der Waals surface area contributed by atoms with Gasteiger partial charge in [-0.2, -0.15) is 4.98 Å². The van der Waals surface area contributed by atoms with Crippen LogP contribution in [0.2, 0.25) is 0 Å². The minimum absolute atomic E-state index is 0.0664. The van der Waals surface area contributed by atoms with E-state index in [4.69, 9.17) is 9.84 Å². The number of cyclic esters (lactones) is 1. The Labute approximate surface area is 203 Å². The second-order valence-corrected chi connectivity index (χ2v) is 8.62. The van der Waals surface area contributed by atoms with E-state index in [-0.39, 0.29) is 18.0 Å². The molecule has 4 rings (SSSR count). The van der Waals surface area contributed by atoms with Crippen LogP contribution in [0.3, 0.4) is 0 Å². The van der Waals surface area contributed by atoms with Gasteiger partial charge in [0.2, 0.25) is 5.95 Å². The number of nitrogens with zero attached hydrogens (tertiary/aromatic N) is 3. The molecule has 0 spiro atoms. The maximum atomic E-state index is 12.3. The summed E-state index contributed by atoms with van der Waals surface area (Å²) in [5, 5.41) is 17.8. The number of hydrogen-bond acceptors (Lipinski definition) is 7. The predicted octanol–water partition coefficient (Wildman–Crippen LogP) is 5.46. The Kier molecular flexibility index (Phi) is 7.00. The number of carbonyl (C=O) groups excluding carboxylic acids is 1. The van der Waals surface area contributed by atoms with Crippen LogP contribution in [0, 0.1) is 5.92 Å². The van der Waals surface area contributed by atoms with Crippen LogP contribution in [0.25, 0.3) is 0 Å². The molecule has 10 nitrogen and oxygen atoms in total. The van der Waals surface area contributed by atoms with E-state index in [9.17, 15) is 9.59 Å². The summed E-state index contributed by atoms with van der Waals surface area (Å²) in [6.45, 7) is 6.44. The van der Waals surface area contributed by atoms with Crippen molar-refractivity contribution in [3.05, 3.63) is 66.4 Å². The molecule has 0 radical (unpaired) electrons. The van der Waals surface area contributed by atoms with Crippen LogP contribution in [0.1, 0.15) is 32.4 Å². The normalized spacial score (nSPS) is 16.1. The van der Waals surface area contributed by atoms with E-state index in [1.54, 1.807) is 35.4 Å². The van der Waals surface area contributed by atoms with Crippen LogP contribution in [0.4, 0.5) is 38.4 Å². The summed E-state index contributed by atoms with van der Waals surface area (Å²) in [7, 11) is 0. The van der Waals surface area contributed by atoms with Crippen LogP contribution in [-0.4, -0.2) is 39.9 Å². The summed E-state index contributed by atoms with van der Waals surface area (Å²) in [6.07, 6.45) is 0.122. The standard InChI is InChI=1S/C25H28N6O4/c1-15(2)21-14-35-25(34)31(21)22-11-12-26-23(30-22)27-16(3)17-7-9-18(10-8-17)28-19-5-4-6-20(13-19)29-24(32)33/h4-13,15-16,21,28-29H,14H2,1-3H3,(H,32,33)(H,26,27,30)/t16-,21+/m0/s1. The molecule has 0 unspecified atom stereocenters. The van der Waals surface area contributed by atoms with Crippen molar-refractivity contribution in [2.75, 3.05) is 27.5 Å². The van der Waals surface area contributed by atoms with Gasteiger partial charge in [-0.05, 0) is 54.8 Å². The number of rotatable bonds is 8. The van der Waals surface area contributed by atoms with Gasteiger partial charge in [-0.1, -0.05) is 32.0 Å². The van der Waals surface area contributed by atoms with Crippen LogP contribution in [-0.2, 0) is 4.74 Å². The molecule has 1 saturated heterocycles. The number of aromatic nitrogens is 2. The molecule has 35 heavy (non-hydrogen) atoms. The van der Waals surface area contributed by atoms with Crippen molar-refractivity contribution in [3.8, 4) is 0 Å². The molecule has 1 fully saturated rings. The van der Waals surface area contributed by atoms with Gasteiger partial charge in [0.1, 0.15) is 12.4 Å². The summed E-state index contributed by atoms with van der Waals surface area (Å²) < 4.78 is 5.23. The zero-order valence-electron chi connectivity index (χ0n) is 19.7. The number of ether oxygens (including phenoxy) is 1. The molecule has 0 aliphatic carbocycles. The second kappa shape index (κ2) is 10.3. The van der Waals surface area contributed by atoms with Crippen molar-refractivity contribution < 1.29 is 19.4 Å². The summed E-state index contributed by atoms with van der Waals surface area (Å²) >= 11 is 0. The lowest BCUT2D eigenvalue weighted by Crippen LogP contribution is -2.37. The highest BCUT2D eigenvalue weighted by Crippen LogP contribution is 2.27. The van der Waals surface area contributed by atoms with E-state index in [0.717, 1.165) is 16.9 Å². The highest BCUT2D eigenvalue weighted by atomic mass is 16.6. The van der Waals surface area contributed by atoms with E-state index in [0.29, 0.717) is 24.1 Å². The van der Waals surface area contributed by atoms with E-state index < -0.39 is 12.2 Å². The van der Waals surface area contributed by atoms with Gasteiger partial charge in [0.15, 0.2) is 0 Å². The summed E-state index contributed by atoms with van der Waals surface area (Å²) in [5.41, 5.74) is 3.13. The minimum atomic E-state index is -1.11. The molecule has 2 heterocycles. The van der Waals surface area contributed by atoms with Crippen LogP contribution in [0.5, 0.6) is 0 Å². The Hall–Kier alpha value is -4.34. The average Bonchev–Trinajstić information content (AvgIpc) is 3.21. The number of carbonyl (C=O) groups is 2. The molecular formula is C25H28N6O4. The molecule has 0 saturated carbocycles. The van der Waals surface area contributed by atoms with Crippen molar-refractivity contribution in [2.24, 2.45) is 5.92 Å². The predicted molar refractivity (Wildman–Crippen MR) is 134 cm³/mol. The molecule has 3 aromatic rings. The first-order valence-corrected chi connectivity index (χ1v) is 11.3. The van der Waals surface area contributed by atoms with Gasteiger partial charge < -0.3 is 20.5 Å². The third-order valence-corrected chi connectivity index (χ3v) is 5.72. The largest absolute Gasteiger partial charge is 0.465 e. The second-order valence-electron chi connectivity index (χ2n) is 8.62. The first-order valence-electron chi connectivity index (χ1n) is 11.3. The molecule has 2 amide bonds. The third kappa shape index (κ3) is 5.78. The highest BCUT2D eigenvalue weighted by molar-refractivity contribution is 5.89. The summed E-state index contributed by atoms with van der Waals surface area (Å²) in [5.74, 6) is 1.16. The maximum absolute atomic E-state index is 12.3. The molecule has 1 aliphatic heterocycles. The van der Waals surface area contributed by atoms with Gasteiger partial charge in [-0.15, -0.1) is 0 Å². The molecule has 0 bridgehead atoms. The molecule has 1 aliphatic rings. The average molecular weight is 477 g/mol. The lowest BCUT2D eigenvalue weighted by Gasteiger charge is -2.23. The Bertz CT molecular complexity index is 1200. The SMILES string of the molecule is CC(C)[C@H]1COC(=O)N1c1ccnc(N[C@@H](C)c2ccc(Nc3cccc(NC(=O)O)c3)cc2)n1. The molecule has 2 aromatic carbocycles. The fraction of sp³-hybridized carbons (Fsp3) is 0.280. The Morgan fingerprint density at radius 1 is 1.09 bits per heavy atom. The van der Waals surface area contributed by atoms with E-state index in [1.165, 1.54) is 0 Å². The number of amides is 2. The Morgan fingerprint density at radius 2 is 1.83 bits per heavy atom. The van der Waals surface area contributed by atoms with Crippen molar-refractivity contribution in [2.45, 2.75) is 32.9 Å². The van der Waals surface area contributed by atoms with Gasteiger partial charge in [0.25, 0.3) is 0 Å². The highest BCUT2D eigenvalue weighted by Gasteiger charge is 2.37. The quantitative estimate of drug-likeness (QED) is 0.337. The van der Waals surface area contributed by atoms with Gasteiger partial charge in [0, 0.05) is 23.3 Å². The van der Waals surface area contributed by atoms with Crippen molar-refractivity contribution in [1.29, 1.82) is 0 Å². The summed E-state index contributed by atoms with van der Waals surface area (Å²) in [6, 6.07) is 16.4. The zero-order chi connectivity index (χ0) is 24.9. The number of nitrogens with one attached hydrogen (secondary N) is 3. The summed E-state index contributed by atoms with van der Waals surface area (Å²) in [4.78, 5) is 33.6. The lowest BCUT2D eigenvalue weighted by molar-refractivity contribution is 0.177. The van der Waals surface area contributed by atoms with Crippen molar-refractivity contribution in [1.82, 2.24) is 9.97 Å². The number of benzene rings is 2. The minimum Gasteiger partial charge on any atom is -0.465 e. The zero-order valence-corrected chi connectivity index (χ0v) is 19.7.